The molecule has 0 aromatic carbocycles. The first kappa shape index (κ1) is 14.6. The molecule has 2 N–H and O–H groups in total. The molecule has 0 saturated carbocycles. The quantitative estimate of drug-likeness (QED) is 0.753. The number of carbonyl (C=O) groups is 1. The van der Waals surface area contributed by atoms with Crippen LogP contribution in [-0.2, 0) is 11.8 Å². The third-order valence-electron chi connectivity index (χ3n) is 2.83. The zero-order valence-electron chi connectivity index (χ0n) is 11.6. The lowest BCUT2D eigenvalue weighted by Gasteiger charge is -2.15. The second-order valence-corrected chi connectivity index (χ2v) is 4.66. The van der Waals surface area contributed by atoms with E-state index in [4.69, 9.17) is 0 Å². The van der Waals surface area contributed by atoms with Crippen molar-refractivity contribution in [2.24, 2.45) is 7.05 Å². The van der Waals surface area contributed by atoms with Crippen LogP contribution in [0.4, 0.5) is 0 Å². The Hall–Kier alpha value is -1.43. The molecular formula is C12H23N5O. The molecule has 0 aliphatic heterocycles. The van der Waals surface area contributed by atoms with Crippen molar-refractivity contribution in [3.8, 4) is 0 Å². The molecule has 2 atom stereocenters. The predicted octanol–water partition coefficient (Wildman–Crippen LogP) is 0.770. The van der Waals surface area contributed by atoms with E-state index in [1.54, 1.807) is 6.33 Å². The van der Waals surface area contributed by atoms with E-state index in [0.29, 0.717) is 6.54 Å². The van der Waals surface area contributed by atoms with Crippen LogP contribution in [0.25, 0.3) is 0 Å². The van der Waals surface area contributed by atoms with Crippen molar-refractivity contribution in [2.75, 3.05) is 6.54 Å². The second-order valence-electron chi connectivity index (χ2n) is 4.66. The lowest BCUT2D eigenvalue weighted by atomic mass is 10.2. The van der Waals surface area contributed by atoms with Crippen molar-refractivity contribution in [1.29, 1.82) is 0 Å². The van der Waals surface area contributed by atoms with Gasteiger partial charge in [-0.15, -0.1) is 10.2 Å². The van der Waals surface area contributed by atoms with Crippen molar-refractivity contribution in [3.63, 3.8) is 0 Å². The van der Waals surface area contributed by atoms with E-state index in [9.17, 15) is 4.79 Å². The molecule has 1 heterocycles. The molecular weight excluding hydrogens is 230 g/mol. The summed E-state index contributed by atoms with van der Waals surface area (Å²) in [7, 11) is 1.89. The Bertz CT molecular complexity index is 376. The molecule has 1 amide bonds. The van der Waals surface area contributed by atoms with Crippen LogP contribution >= 0.6 is 0 Å². The second kappa shape index (κ2) is 7.10. The number of hydrogen-bond acceptors (Lipinski definition) is 4. The zero-order chi connectivity index (χ0) is 13.5. The highest BCUT2D eigenvalue weighted by Gasteiger charge is 2.13. The van der Waals surface area contributed by atoms with Crippen molar-refractivity contribution in [3.05, 3.63) is 12.2 Å². The molecule has 0 aliphatic rings. The fourth-order valence-corrected chi connectivity index (χ4v) is 1.85. The Morgan fingerprint density at radius 3 is 2.78 bits per heavy atom. The van der Waals surface area contributed by atoms with Gasteiger partial charge in [0.15, 0.2) is 0 Å². The maximum atomic E-state index is 11.7. The van der Waals surface area contributed by atoms with E-state index < -0.39 is 0 Å². The first-order chi connectivity index (χ1) is 8.54. The fraction of sp³-hybridized carbons (Fsp3) is 0.750. The Morgan fingerprint density at radius 1 is 1.50 bits per heavy atom. The molecule has 0 spiro atoms. The minimum atomic E-state index is 0.00438. The van der Waals surface area contributed by atoms with E-state index in [1.165, 1.54) is 0 Å². The molecule has 1 aromatic heterocycles. The first-order valence-corrected chi connectivity index (χ1v) is 6.41. The van der Waals surface area contributed by atoms with Gasteiger partial charge in [0.25, 0.3) is 0 Å². The minimum Gasteiger partial charge on any atom is -0.353 e. The van der Waals surface area contributed by atoms with Gasteiger partial charge >= 0.3 is 0 Å². The lowest BCUT2D eigenvalue weighted by Crippen LogP contribution is -2.40. The van der Waals surface area contributed by atoms with E-state index in [-0.39, 0.29) is 18.0 Å². The summed E-state index contributed by atoms with van der Waals surface area (Å²) < 4.78 is 1.84. The number of aryl methyl sites for hydroxylation is 1. The number of hydrogen-bond donors (Lipinski definition) is 2. The van der Waals surface area contributed by atoms with Crippen LogP contribution in [0.5, 0.6) is 0 Å². The highest BCUT2D eigenvalue weighted by Crippen LogP contribution is 2.06. The molecule has 18 heavy (non-hydrogen) atoms. The van der Waals surface area contributed by atoms with Gasteiger partial charge in [-0.25, -0.2) is 0 Å². The standard InChI is InChI=1S/C12H23N5O/c1-5-6-9(2)15-11(18)7-13-10(3)12-16-14-8-17(12)4/h8-10,13H,5-7H2,1-4H3,(H,15,18). The van der Waals surface area contributed by atoms with Gasteiger partial charge in [0.1, 0.15) is 12.2 Å². The first-order valence-electron chi connectivity index (χ1n) is 6.41. The molecule has 2 unspecified atom stereocenters. The highest BCUT2D eigenvalue weighted by atomic mass is 16.1. The Labute approximate surface area is 108 Å². The maximum absolute atomic E-state index is 11.7. The molecule has 0 bridgehead atoms. The molecule has 0 radical (unpaired) electrons. The molecule has 1 rings (SSSR count). The number of carbonyl (C=O) groups excluding carboxylic acids is 1. The third-order valence-corrected chi connectivity index (χ3v) is 2.83. The number of rotatable bonds is 7. The van der Waals surface area contributed by atoms with Crippen LogP contribution in [0, 0.1) is 0 Å². The van der Waals surface area contributed by atoms with E-state index in [0.717, 1.165) is 18.7 Å². The van der Waals surface area contributed by atoms with Crippen molar-refractivity contribution < 1.29 is 4.79 Å². The van der Waals surface area contributed by atoms with Gasteiger partial charge in [-0.1, -0.05) is 13.3 Å². The van der Waals surface area contributed by atoms with Gasteiger partial charge in [-0.3, -0.25) is 10.1 Å². The Balaban J connectivity index is 2.32. The molecule has 0 fully saturated rings. The van der Waals surface area contributed by atoms with Crippen LogP contribution in [0.15, 0.2) is 6.33 Å². The van der Waals surface area contributed by atoms with E-state index in [2.05, 4.69) is 27.8 Å². The summed E-state index contributed by atoms with van der Waals surface area (Å²) in [5, 5.41) is 13.9. The number of nitrogens with one attached hydrogen (secondary N) is 2. The van der Waals surface area contributed by atoms with E-state index >= 15 is 0 Å². The fourth-order valence-electron chi connectivity index (χ4n) is 1.85. The summed E-state index contributed by atoms with van der Waals surface area (Å²) in [6.07, 6.45) is 3.73. The average molecular weight is 253 g/mol. The maximum Gasteiger partial charge on any atom is 0.234 e. The van der Waals surface area contributed by atoms with Crippen LogP contribution in [0.3, 0.4) is 0 Å². The molecule has 102 valence electrons. The molecule has 0 saturated heterocycles. The van der Waals surface area contributed by atoms with Gasteiger partial charge in [-0.05, 0) is 20.3 Å². The minimum absolute atomic E-state index is 0.00438. The van der Waals surface area contributed by atoms with Crippen molar-refractivity contribution in [2.45, 2.75) is 45.7 Å². The summed E-state index contributed by atoms with van der Waals surface area (Å²) in [5.74, 6) is 0.842. The summed E-state index contributed by atoms with van der Waals surface area (Å²) in [6, 6.07) is 0.235. The van der Waals surface area contributed by atoms with Crippen molar-refractivity contribution >= 4 is 5.91 Å². The Morgan fingerprint density at radius 2 is 2.22 bits per heavy atom. The number of amides is 1. The summed E-state index contributed by atoms with van der Waals surface area (Å²) in [4.78, 5) is 11.7. The summed E-state index contributed by atoms with van der Waals surface area (Å²) in [5.41, 5.74) is 0. The van der Waals surface area contributed by atoms with Gasteiger partial charge in [0.05, 0.1) is 12.6 Å². The lowest BCUT2D eigenvalue weighted by molar-refractivity contribution is -0.121. The van der Waals surface area contributed by atoms with Crippen molar-refractivity contribution in [1.82, 2.24) is 25.4 Å². The smallest absolute Gasteiger partial charge is 0.234 e. The normalized spacial score (nSPS) is 14.2. The predicted molar refractivity (Wildman–Crippen MR) is 69.9 cm³/mol. The monoisotopic (exact) mass is 253 g/mol. The average Bonchev–Trinajstić information content (AvgIpc) is 2.72. The largest absolute Gasteiger partial charge is 0.353 e. The van der Waals surface area contributed by atoms with Crippen LogP contribution < -0.4 is 10.6 Å². The molecule has 6 heteroatoms. The van der Waals surface area contributed by atoms with Gasteiger partial charge in [0.2, 0.25) is 5.91 Å². The number of nitrogens with zero attached hydrogens (tertiary/aromatic N) is 3. The van der Waals surface area contributed by atoms with Crippen LogP contribution in [0.2, 0.25) is 0 Å². The van der Waals surface area contributed by atoms with Crippen LogP contribution in [0.1, 0.15) is 45.5 Å². The van der Waals surface area contributed by atoms with Crippen LogP contribution in [-0.4, -0.2) is 33.3 Å². The number of aromatic nitrogens is 3. The highest BCUT2D eigenvalue weighted by molar-refractivity contribution is 5.78. The third kappa shape index (κ3) is 4.44. The van der Waals surface area contributed by atoms with Gasteiger partial charge < -0.3 is 9.88 Å². The summed E-state index contributed by atoms with van der Waals surface area (Å²) in [6.45, 7) is 6.39. The SMILES string of the molecule is CCCC(C)NC(=O)CNC(C)c1nncn1C. The molecule has 0 aliphatic carbocycles. The van der Waals surface area contributed by atoms with Gasteiger partial charge in [0, 0.05) is 13.1 Å². The zero-order valence-corrected chi connectivity index (χ0v) is 11.6. The molecule has 6 nitrogen and oxygen atoms in total. The summed E-state index contributed by atoms with van der Waals surface area (Å²) >= 11 is 0. The van der Waals surface area contributed by atoms with E-state index in [1.807, 2.05) is 25.5 Å². The Kier molecular flexibility index (Phi) is 5.77. The van der Waals surface area contributed by atoms with Gasteiger partial charge in [-0.2, -0.15) is 0 Å². The molecule has 1 aromatic rings. The topological polar surface area (TPSA) is 71.8 Å².